The third-order valence-electron chi connectivity index (χ3n) is 5.22. The zero-order valence-electron chi connectivity index (χ0n) is 17.9. The van der Waals surface area contributed by atoms with Crippen LogP contribution in [0.4, 0.5) is 0 Å². The van der Waals surface area contributed by atoms with Crippen molar-refractivity contribution in [2.45, 2.75) is 32.4 Å². The van der Waals surface area contributed by atoms with E-state index in [2.05, 4.69) is 5.32 Å². The summed E-state index contributed by atoms with van der Waals surface area (Å²) in [5, 5.41) is 3.96. The molecule has 0 heterocycles. The maximum absolute atomic E-state index is 13.6. The number of nitrogens with zero attached hydrogens (tertiary/aromatic N) is 1. The number of rotatable bonds is 9. The fourth-order valence-corrected chi connectivity index (χ4v) is 3.96. The molecule has 3 aromatic rings. The zero-order valence-corrected chi connectivity index (χ0v) is 19.4. The lowest BCUT2D eigenvalue weighted by Crippen LogP contribution is -2.51. The van der Waals surface area contributed by atoms with Crippen molar-refractivity contribution in [3.05, 3.63) is 106 Å². The SMILES string of the molecule is CCNC(=O)[C@H](Cc1ccccc1)N(Cc1ccccc1Cl)C(=O)Cc1ccccc1Cl. The first-order valence-corrected chi connectivity index (χ1v) is 11.3. The van der Waals surface area contributed by atoms with Crippen molar-refractivity contribution in [3.8, 4) is 0 Å². The second kappa shape index (κ2) is 11.7. The van der Waals surface area contributed by atoms with E-state index in [4.69, 9.17) is 23.2 Å². The molecule has 0 fully saturated rings. The van der Waals surface area contributed by atoms with E-state index in [0.717, 1.165) is 16.7 Å². The lowest BCUT2D eigenvalue weighted by molar-refractivity contribution is -0.140. The fourth-order valence-electron chi connectivity index (χ4n) is 3.56. The molecule has 32 heavy (non-hydrogen) atoms. The van der Waals surface area contributed by atoms with Gasteiger partial charge >= 0.3 is 0 Å². The lowest BCUT2D eigenvalue weighted by Gasteiger charge is -2.32. The first-order chi connectivity index (χ1) is 15.5. The minimum absolute atomic E-state index is 0.0921. The van der Waals surface area contributed by atoms with Crippen molar-refractivity contribution < 1.29 is 9.59 Å². The van der Waals surface area contributed by atoms with Crippen LogP contribution in [0.5, 0.6) is 0 Å². The lowest BCUT2D eigenvalue weighted by atomic mass is 10.0. The monoisotopic (exact) mass is 468 g/mol. The number of halogens is 2. The van der Waals surface area contributed by atoms with Gasteiger partial charge in [0.2, 0.25) is 11.8 Å². The number of carbonyl (C=O) groups excluding carboxylic acids is 2. The molecule has 3 aromatic carbocycles. The Bertz CT molecular complexity index is 1060. The van der Waals surface area contributed by atoms with Crippen LogP contribution in [0.3, 0.4) is 0 Å². The Kier molecular flexibility index (Phi) is 8.72. The maximum Gasteiger partial charge on any atom is 0.243 e. The first kappa shape index (κ1) is 23.8. The Morgan fingerprint density at radius 3 is 2.00 bits per heavy atom. The molecule has 0 aromatic heterocycles. The van der Waals surface area contributed by atoms with E-state index in [1.165, 1.54) is 0 Å². The molecule has 0 aliphatic rings. The molecule has 4 nitrogen and oxygen atoms in total. The van der Waals surface area contributed by atoms with Crippen molar-refractivity contribution >= 4 is 35.0 Å². The van der Waals surface area contributed by atoms with Gasteiger partial charge in [-0.15, -0.1) is 0 Å². The summed E-state index contributed by atoms with van der Waals surface area (Å²) in [4.78, 5) is 28.3. The van der Waals surface area contributed by atoms with Gasteiger partial charge in [0.25, 0.3) is 0 Å². The molecule has 0 bridgehead atoms. The minimum atomic E-state index is -0.691. The van der Waals surface area contributed by atoms with Gasteiger partial charge in [-0.05, 0) is 35.7 Å². The second-order valence-corrected chi connectivity index (χ2v) is 8.30. The number of carbonyl (C=O) groups is 2. The molecule has 6 heteroatoms. The van der Waals surface area contributed by atoms with Crippen LogP contribution >= 0.6 is 23.2 Å². The molecule has 3 rings (SSSR count). The predicted molar refractivity (Wildman–Crippen MR) is 130 cm³/mol. The van der Waals surface area contributed by atoms with E-state index in [-0.39, 0.29) is 24.8 Å². The van der Waals surface area contributed by atoms with E-state index in [1.807, 2.05) is 73.7 Å². The average Bonchev–Trinajstić information content (AvgIpc) is 2.79. The van der Waals surface area contributed by atoms with E-state index < -0.39 is 6.04 Å². The molecule has 0 saturated carbocycles. The molecule has 0 aliphatic heterocycles. The highest BCUT2D eigenvalue weighted by Gasteiger charge is 2.30. The summed E-state index contributed by atoms with van der Waals surface area (Å²) in [5.41, 5.74) is 2.47. The molecular weight excluding hydrogens is 443 g/mol. The number of likely N-dealkylation sites (N-methyl/N-ethyl adjacent to an activating group) is 1. The number of hydrogen-bond acceptors (Lipinski definition) is 2. The van der Waals surface area contributed by atoms with Crippen molar-refractivity contribution in [2.24, 2.45) is 0 Å². The molecular formula is C26H26Cl2N2O2. The summed E-state index contributed by atoms with van der Waals surface area (Å²) in [6.07, 6.45) is 0.486. The molecule has 0 unspecified atom stereocenters. The van der Waals surface area contributed by atoms with Crippen LogP contribution in [0.2, 0.25) is 10.0 Å². The molecule has 2 amide bonds. The molecule has 1 N–H and O–H groups in total. The highest BCUT2D eigenvalue weighted by Crippen LogP contribution is 2.23. The van der Waals surface area contributed by atoms with Gasteiger partial charge in [0.05, 0.1) is 6.42 Å². The predicted octanol–water partition coefficient (Wildman–Crippen LogP) is 5.31. The van der Waals surface area contributed by atoms with Crippen molar-refractivity contribution in [2.75, 3.05) is 6.54 Å². The second-order valence-electron chi connectivity index (χ2n) is 7.48. The largest absolute Gasteiger partial charge is 0.355 e. The molecule has 1 atom stereocenters. The summed E-state index contributed by atoms with van der Waals surface area (Å²) in [6.45, 7) is 2.56. The van der Waals surface area contributed by atoms with Crippen LogP contribution in [0.25, 0.3) is 0 Å². The van der Waals surface area contributed by atoms with Crippen LogP contribution in [-0.4, -0.2) is 29.3 Å². The van der Waals surface area contributed by atoms with E-state index >= 15 is 0 Å². The Labute approximate surface area is 199 Å². The minimum Gasteiger partial charge on any atom is -0.355 e. The molecule has 0 spiro atoms. The van der Waals surface area contributed by atoms with Crippen LogP contribution in [0.15, 0.2) is 78.9 Å². The third-order valence-corrected chi connectivity index (χ3v) is 5.96. The van der Waals surface area contributed by atoms with Gasteiger partial charge in [-0.3, -0.25) is 9.59 Å². The summed E-state index contributed by atoms with van der Waals surface area (Å²) >= 11 is 12.7. The highest BCUT2D eigenvalue weighted by atomic mass is 35.5. The Morgan fingerprint density at radius 2 is 1.41 bits per heavy atom. The molecule has 166 valence electrons. The first-order valence-electron chi connectivity index (χ1n) is 10.6. The van der Waals surface area contributed by atoms with Gasteiger partial charge in [0.15, 0.2) is 0 Å². The zero-order chi connectivity index (χ0) is 22.9. The van der Waals surface area contributed by atoms with Gasteiger partial charge in [0.1, 0.15) is 6.04 Å². The fraction of sp³-hybridized carbons (Fsp3) is 0.231. The Balaban J connectivity index is 1.98. The molecule has 0 saturated heterocycles. The van der Waals surface area contributed by atoms with E-state index in [1.54, 1.807) is 17.0 Å². The number of benzene rings is 3. The van der Waals surface area contributed by atoms with Crippen LogP contribution in [-0.2, 0) is 29.0 Å². The van der Waals surface area contributed by atoms with Crippen LogP contribution in [0, 0.1) is 0 Å². The summed E-state index contributed by atoms with van der Waals surface area (Å²) in [6, 6.07) is 23.6. The summed E-state index contributed by atoms with van der Waals surface area (Å²) in [7, 11) is 0. The third kappa shape index (κ3) is 6.35. The van der Waals surface area contributed by atoms with Crippen molar-refractivity contribution in [3.63, 3.8) is 0 Å². The Morgan fingerprint density at radius 1 is 0.844 bits per heavy atom. The molecule has 0 radical (unpaired) electrons. The van der Waals surface area contributed by atoms with E-state index in [9.17, 15) is 9.59 Å². The van der Waals surface area contributed by atoms with Gasteiger partial charge in [0, 0.05) is 29.6 Å². The van der Waals surface area contributed by atoms with Crippen molar-refractivity contribution in [1.82, 2.24) is 10.2 Å². The van der Waals surface area contributed by atoms with Gasteiger partial charge in [-0.1, -0.05) is 89.9 Å². The van der Waals surface area contributed by atoms with Crippen LogP contribution < -0.4 is 5.32 Å². The van der Waals surface area contributed by atoms with E-state index in [0.29, 0.717) is 23.0 Å². The quantitative estimate of drug-likeness (QED) is 0.462. The van der Waals surface area contributed by atoms with Gasteiger partial charge in [-0.2, -0.15) is 0 Å². The van der Waals surface area contributed by atoms with Gasteiger partial charge in [-0.25, -0.2) is 0 Å². The van der Waals surface area contributed by atoms with Crippen molar-refractivity contribution in [1.29, 1.82) is 0 Å². The summed E-state index contributed by atoms with van der Waals surface area (Å²) in [5.74, 6) is -0.388. The standard InChI is InChI=1S/C26H26Cl2N2O2/c1-2-29-26(32)24(16-19-10-4-3-5-11-19)30(18-21-13-7-9-15-23(21)28)25(31)17-20-12-6-8-14-22(20)27/h3-15,24H,2,16-18H2,1H3,(H,29,32)/t24-/m0/s1. The number of amides is 2. The smallest absolute Gasteiger partial charge is 0.243 e. The summed E-state index contributed by atoms with van der Waals surface area (Å²) < 4.78 is 0. The van der Waals surface area contributed by atoms with Gasteiger partial charge < -0.3 is 10.2 Å². The number of nitrogens with one attached hydrogen (secondary N) is 1. The average molecular weight is 469 g/mol. The number of hydrogen-bond donors (Lipinski definition) is 1. The Hall–Kier alpha value is -2.82. The maximum atomic E-state index is 13.6. The normalized spacial score (nSPS) is 11.6. The molecule has 0 aliphatic carbocycles. The topological polar surface area (TPSA) is 49.4 Å². The highest BCUT2D eigenvalue weighted by molar-refractivity contribution is 6.31. The van der Waals surface area contributed by atoms with Crippen LogP contribution in [0.1, 0.15) is 23.6 Å².